The summed E-state index contributed by atoms with van der Waals surface area (Å²) in [6.45, 7) is 0. The number of nitrogens with one attached hydrogen (secondary N) is 1. The predicted octanol–water partition coefficient (Wildman–Crippen LogP) is 1.79. The minimum Gasteiger partial charge on any atom is -0.506 e. The van der Waals surface area contributed by atoms with Gasteiger partial charge in [-0.1, -0.05) is 11.6 Å². The van der Waals surface area contributed by atoms with Crippen LogP contribution in [0.5, 0.6) is 5.75 Å². The molecule has 0 unspecified atom stereocenters. The number of carbonyl (C=O) groups excluding carboxylic acids is 1. The molecule has 1 aromatic carbocycles. The first-order valence-electron chi connectivity index (χ1n) is 5.33. The lowest BCUT2D eigenvalue weighted by atomic mass is 10.2. The molecule has 3 N–H and O–H groups in total. The van der Waals surface area contributed by atoms with Crippen LogP contribution in [0, 0.1) is 0 Å². The van der Waals surface area contributed by atoms with E-state index >= 15 is 0 Å². The molecule has 0 aliphatic rings. The molecule has 0 saturated heterocycles. The highest BCUT2D eigenvalue weighted by atomic mass is 35.5. The Hall–Kier alpha value is -2.67. The fourth-order valence-electron chi connectivity index (χ4n) is 1.41. The minimum absolute atomic E-state index is 0.00949. The van der Waals surface area contributed by atoms with Gasteiger partial charge in [-0.3, -0.25) is 4.79 Å². The second-order valence-electron chi connectivity index (χ2n) is 3.68. The van der Waals surface area contributed by atoms with Crippen LogP contribution >= 0.6 is 11.6 Å². The molecule has 2 rings (SSSR count). The number of aromatic carboxylic acids is 1. The Morgan fingerprint density at radius 3 is 2.55 bits per heavy atom. The number of phenolic OH excluding ortho intramolecular Hbond substituents is 1. The molecular weight excluding hydrogens is 286 g/mol. The Kier molecular flexibility index (Phi) is 3.81. The van der Waals surface area contributed by atoms with Gasteiger partial charge in [0.25, 0.3) is 5.91 Å². The van der Waals surface area contributed by atoms with E-state index in [0.717, 1.165) is 0 Å². The van der Waals surface area contributed by atoms with Crippen LogP contribution in [0.15, 0.2) is 30.6 Å². The maximum atomic E-state index is 11.9. The number of phenols is 1. The molecule has 0 fully saturated rings. The Bertz CT molecular complexity index is 690. The van der Waals surface area contributed by atoms with E-state index in [1.807, 2.05) is 0 Å². The van der Waals surface area contributed by atoms with Crippen molar-refractivity contribution >= 4 is 29.3 Å². The zero-order valence-electron chi connectivity index (χ0n) is 9.87. The maximum absolute atomic E-state index is 11.9. The summed E-state index contributed by atoms with van der Waals surface area (Å²) in [4.78, 5) is 30.2. The number of aromatic nitrogens is 2. The number of aromatic hydroxyl groups is 1. The van der Waals surface area contributed by atoms with Crippen LogP contribution in [0.2, 0.25) is 5.02 Å². The van der Waals surface area contributed by atoms with Crippen LogP contribution in [-0.2, 0) is 0 Å². The first-order chi connectivity index (χ1) is 9.49. The Morgan fingerprint density at radius 2 is 1.90 bits per heavy atom. The van der Waals surface area contributed by atoms with Gasteiger partial charge in [0, 0.05) is 18.0 Å². The van der Waals surface area contributed by atoms with Gasteiger partial charge < -0.3 is 15.5 Å². The third-order valence-electron chi connectivity index (χ3n) is 2.34. The maximum Gasteiger partial charge on any atom is 0.358 e. The van der Waals surface area contributed by atoms with Gasteiger partial charge in [0.2, 0.25) is 0 Å². The summed E-state index contributed by atoms with van der Waals surface area (Å²) in [5, 5.41) is 20.5. The quantitative estimate of drug-likeness (QED) is 0.795. The van der Waals surface area contributed by atoms with Crippen molar-refractivity contribution in [3.63, 3.8) is 0 Å². The lowest BCUT2D eigenvalue weighted by molar-refractivity contribution is 0.0691. The predicted molar refractivity (Wildman–Crippen MR) is 70.1 cm³/mol. The molecule has 2 aromatic rings. The van der Waals surface area contributed by atoms with Crippen molar-refractivity contribution in [3.8, 4) is 5.75 Å². The molecule has 0 spiro atoms. The smallest absolute Gasteiger partial charge is 0.358 e. The summed E-state index contributed by atoms with van der Waals surface area (Å²) in [6, 6.07) is 3.85. The van der Waals surface area contributed by atoms with E-state index in [0.29, 0.717) is 0 Å². The monoisotopic (exact) mass is 293 g/mol. The summed E-state index contributed by atoms with van der Waals surface area (Å²) in [5.74, 6) is -2.25. The summed E-state index contributed by atoms with van der Waals surface area (Å²) in [6.07, 6.45) is 2.46. The normalized spacial score (nSPS) is 10.1. The second kappa shape index (κ2) is 5.54. The zero-order chi connectivity index (χ0) is 14.7. The molecule has 0 radical (unpaired) electrons. The van der Waals surface area contributed by atoms with Gasteiger partial charge in [0.1, 0.15) is 5.75 Å². The van der Waals surface area contributed by atoms with Crippen LogP contribution in [-0.4, -0.2) is 32.1 Å². The van der Waals surface area contributed by atoms with Crippen molar-refractivity contribution in [1.82, 2.24) is 9.97 Å². The number of carboxylic acids is 1. The number of amides is 1. The van der Waals surface area contributed by atoms with Gasteiger partial charge in [0.05, 0.1) is 5.02 Å². The standard InChI is InChI=1S/C12H8ClN3O4/c13-7-5-6(1-2-8(7)17)11(18)16-10-9(12(19)20)14-3-4-15-10/h1-5,17H,(H,19,20)(H,15,16,18). The molecule has 8 heteroatoms. The first kappa shape index (κ1) is 13.8. The number of rotatable bonds is 3. The van der Waals surface area contributed by atoms with E-state index in [9.17, 15) is 14.7 Å². The zero-order valence-corrected chi connectivity index (χ0v) is 10.6. The van der Waals surface area contributed by atoms with E-state index in [-0.39, 0.29) is 27.8 Å². The molecule has 102 valence electrons. The van der Waals surface area contributed by atoms with E-state index in [2.05, 4.69) is 15.3 Å². The second-order valence-corrected chi connectivity index (χ2v) is 4.09. The van der Waals surface area contributed by atoms with Crippen molar-refractivity contribution in [2.24, 2.45) is 0 Å². The van der Waals surface area contributed by atoms with Crippen LogP contribution in [0.25, 0.3) is 0 Å². The molecule has 1 aromatic heterocycles. The van der Waals surface area contributed by atoms with Crippen molar-refractivity contribution in [2.45, 2.75) is 0 Å². The molecule has 0 aliphatic carbocycles. The Morgan fingerprint density at radius 1 is 1.20 bits per heavy atom. The molecule has 0 saturated carbocycles. The molecule has 1 amide bonds. The summed E-state index contributed by atoms with van der Waals surface area (Å²) in [7, 11) is 0. The van der Waals surface area contributed by atoms with Gasteiger partial charge in [-0.2, -0.15) is 0 Å². The summed E-state index contributed by atoms with van der Waals surface area (Å²) >= 11 is 5.69. The van der Waals surface area contributed by atoms with Gasteiger partial charge in [-0.05, 0) is 18.2 Å². The van der Waals surface area contributed by atoms with E-state index in [1.165, 1.54) is 30.6 Å². The molecule has 1 heterocycles. The van der Waals surface area contributed by atoms with Gasteiger partial charge >= 0.3 is 5.97 Å². The Labute approximate surface area is 117 Å². The van der Waals surface area contributed by atoms with Crippen molar-refractivity contribution in [3.05, 3.63) is 46.9 Å². The van der Waals surface area contributed by atoms with Crippen LogP contribution < -0.4 is 5.32 Å². The number of nitrogens with zero attached hydrogens (tertiary/aromatic N) is 2. The molecule has 7 nitrogen and oxygen atoms in total. The molecular formula is C12H8ClN3O4. The highest BCUT2D eigenvalue weighted by Gasteiger charge is 2.16. The van der Waals surface area contributed by atoms with Crippen molar-refractivity contribution in [2.75, 3.05) is 5.32 Å². The van der Waals surface area contributed by atoms with Crippen molar-refractivity contribution < 1.29 is 19.8 Å². The molecule has 0 aliphatic heterocycles. The third kappa shape index (κ3) is 2.83. The number of anilines is 1. The number of benzene rings is 1. The molecule has 20 heavy (non-hydrogen) atoms. The lowest BCUT2D eigenvalue weighted by Crippen LogP contribution is -2.17. The Balaban J connectivity index is 2.28. The average Bonchev–Trinajstić information content (AvgIpc) is 2.42. The number of hydrogen-bond donors (Lipinski definition) is 3. The average molecular weight is 294 g/mol. The molecule has 0 atom stereocenters. The highest BCUT2D eigenvalue weighted by molar-refractivity contribution is 6.32. The number of carbonyl (C=O) groups is 2. The number of hydrogen-bond acceptors (Lipinski definition) is 5. The number of halogens is 1. The van der Waals surface area contributed by atoms with E-state index in [4.69, 9.17) is 16.7 Å². The topological polar surface area (TPSA) is 112 Å². The van der Waals surface area contributed by atoms with Crippen LogP contribution in [0.1, 0.15) is 20.8 Å². The van der Waals surface area contributed by atoms with Gasteiger partial charge in [0.15, 0.2) is 11.5 Å². The minimum atomic E-state index is -1.31. The summed E-state index contributed by atoms with van der Waals surface area (Å²) in [5.41, 5.74) is -0.222. The largest absolute Gasteiger partial charge is 0.506 e. The fourth-order valence-corrected chi connectivity index (χ4v) is 1.59. The number of carboxylic acid groups (broad SMARTS) is 1. The van der Waals surface area contributed by atoms with E-state index in [1.54, 1.807) is 0 Å². The SMILES string of the molecule is O=C(Nc1nccnc1C(=O)O)c1ccc(O)c(Cl)c1. The first-order valence-corrected chi connectivity index (χ1v) is 5.71. The molecule has 0 bridgehead atoms. The van der Waals surface area contributed by atoms with E-state index < -0.39 is 11.9 Å². The third-order valence-corrected chi connectivity index (χ3v) is 2.65. The van der Waals surface area contributed by atoms with Crippen LogP contribution in [0.3, 0.4) is 0 Å². The van der Waals surface area contributed by atoms with Crippen molar-refractivity contribution in [1.29, 1.82) is 0 Å². The lowest BCUT2D eigenvalue weighted by Gasteiger charge is -2.07. The van der Waals surface area contributed by atoms with Gasteiger partial charge in [-0.25, -0.2) is 14.8 Å². The van der Waals surface area contributed by atoms with Gasteiger partial charge in [-0.15, -0.1) is 0 Å². The highest BCUT2D eigenvalue weighted by Crippen LogP contribution is 2.24. The summed E-state index contributed by atoms with van der Waals surface area (Å²) < 4.78 is 0. The fraction of sp³-hybridized carbons (Fsp3) is 0. The van der Waals surface area contributed by atoms with Crippen LogP contribution in [0.4, 0.5) is 5.82 Å².